The van der Waals surface area contributed by atoms with Gasteiger partial charge in [0.15, 0.2) is 5.60 Å². The van der Waals surface area contributed by atoms with E-state index in [-0.39, 0.29) is 12.0 Å². The van der Waals surface area contributed by atoms with Gasteiger partial charge in [-0.25, -0.2) is 13.6 Å². The summed E-state index contributed by atoms with van der Waals surface area (Å²) in [5, 5.41) is 20.4. The topological polar surface area (TPSA) is 86.6 Å². The van der Waals surface area contributed by atoms with E-state index in [1.54, 1.807) is 6.92 Å². The Morgan fingerprint density at radius 3 is 2.52 bits per heavy atom. The Labute approximate surface area is 120 Å². The normalized spacial score (nSPS) is 15.1. The standard InChI is InChI=1S/C14H17F2NO4/c1-8(10-4-3-9(15)6-11(10)16)5-12(18)17-7-14(2,21)13(19)20/h3-4,6,8,21H,5,7H2,1-2H3,(H,17,18)(H,19,20). The molecule has 2 atom stereocenters. The molecule has 0 aliphatic rings. The summed E-state index contributed by atoms with van der Waals surface area (Å²) in [6.45, 7) is 2.18. The van der Waals surface area contributed by atoms with Gasteiger partial charge >= 0.3 is 5.97 Å². The van der Waals surface area contributed by atoms with Gasteiger partial charge in [-0.1, -0.05) is 13.0 Å². The number of nitrogens with one attached hydrogen (secondary N) is 1. The van der Waals surface area contributed by atoms with E-state index < -0.39 is 41.6 Å². The number of halogens is 2. The molecule has 0 heterocycles. The minimum Gasteiger partial charge on any atom is -0.479 e. The third-order valence-corrected chi connectivity index (χ3v) is 3.08. The van der Waals surface area contributed by atoms with E-state index in [2.05, 4.69) is 5.32 Å². The summed E-state index contributed by atoms with van der Waals surface area (Å²) < 4.78 is 26.3. The average Bonchev–Trinajstić information content (AvgIpc) is 2.36. The van der Waals surface area contributed by atoms with Gasteiger partial charge in [0.1, 0.15) is 11.6 Å². The highest BCUT2D eigenvalue weighted by atomic mass is 19.1. The number of carbonyl (C=O) groups is 2. The van der Waals surface area contributed by atoms with Crippen molar-refractivity contribution in [1.82, 2.24) is 5.32 Å². The molecule has 0 radical (unpaired) electrons. The molecule has 5 nitrogen and oxygen atoms in total. The zero-order valence-corrected chi connectivity index (χ0v) is 11.7. The van der Waals surface area contributed by atoms with Crippen LogP contribution in [0.1, 0.15) is 31.7 Å². The smallest absolute Gasteiger partial charge is 0.337 e. The van der Waals surface area contributed by atoms with E-state index in [0.717, 1.165) is 19.1 Å². The summed E-state index contributed by atoms with van der Waals surface area (Å²) in [4.78, 5) is 22.3. The van der Waals surface area contributed by atoms with Crippen LogP contribution in [0, 0.1) is 11.6 Å². The molecule has 1 rings (SSSR count). The van der Waals surface area contributed by atoms with Crippen LogP contribution in [0.3, 0.4) is 0 Å². The van der Waals surface area contributed by atoms with Crippen LogP contribution in [0.15, 0.2) is 18.2 Å². The molecule has 21 heavy (non-hydrogen) atoms. The van der Waals surface area contributed by atoms with Crippen LogP contribution in [0.2, 0.25) is 0 Å². The summed E-state index contributed by atoms with van der Waals surface area (Å²) in [5.74, 6) is -3.95. The van der Waals surface area contributed by atoms with Gasteiger partial charge in [-0.05, 0) is 24.5 Å². The van der Waals surface area contributed by atoms with Gasteiger partial charge in [0.2, 0.25) is 5.91 Å². The Balaban J connectivity index is 2.60. The first-order valence-corrected chi connectivity index (χ1v) is 6.31. The van der Waals surface area contributed by atoms with Crippen LogP contribution in [0.4, 0.5) is 8.78 Å². The lowest BCUT2D eigenvalue weighted by Crippen LogP contribution is -2.46. The van der Waals surface area contributed by atoms with E-state index >= 15 is 0 Å². The number of rotatable bonds is 6. The Hall–Kier alpha value is -2.02. The Kier molecular flexibility index (Phi) is 5.37. The predicted octanol–water partition coefficient (Wildman–Crippen LogP) is 1.41. The van der Waals surface area contributed by atoms with E-state index in [9.17, 15) is 23.5 Å². The van der Waals surface area contributed by atoms with Crippen molar-refractivity contribution in [2.24, 2.45) is 0 Å². The van der Waals surface area contributed by atoms with E-state index in [0.29, 0.717) is 0 Å². The maximum absolute atomic E-state index is 13.5. The number of carboxylic acids is 1. The Bertz CT molecular complexity index is 546. The van der Waals surface area contributed by atoms with E-state index in [1.165, 1.54) is 6.07 Å². The maximum Gasteiger partial charge on any atom is 0.337 e. The Morgan fingerprint density at radius 1 is 1.38 bits per heavy atom. The van der Waals surface area contributed by atoms with Crippen LogP contribution in [0.5, 0.6) is 0 Å². The second-order valence-electron chi connectivity index (χ2n) is 5.13. The Morgan fingerprint density at radius 2 is 2.00 bits per heavy atom. The zero-order valence-electron chi connectivity index (χ0n) is 11.7. The third kappa shape index (κ3) is 4.78. The molecule has 0 saturated heterocycles. The molecule has 0 saturated carbocycles. The van der Waals surface area contributed by atoms with Crippen LogP contribution in [-0.4, -0.2) is 34.2 Å². The van der Waals surface area contributed by atoms with Gasteiger partial charge in [0.05, 0.1) is 6.54 Å². The lowest BCUT2D eigenvalue weighted by Gasteiger charge is -2.19. The minimum atomic E-state index is -2.07. The molecule has 2 unspecified atom stereocenters. The minimum absolute atomic E-state index is 0.113. The van der Waals surface area contributed by atoms with E-state index in [4.69, 9.17) is 5.11 Å². The molecule has 0 fully saturated rings. The second-order valence-corrected chi connectivity index (χ2v) is 5.13. The highest BCUT2D eigenvalue weighted by Crippen LogP contribution is 2.22. The molecule has 1 amide bonds. The molecular weight excluding hydrogens is 284 g/mol. The van der Waals surface area contributed by atoms with Gasteiger partial charge < -0.3 is 15.5 Å². The first-order valence-electron chi connectivity index (χ1n) is 6.31. The van der Waals surface area contributed by atoms with Crippen LogP contribution in [0.25, 0.3) is 0 Å². The SMILES string of the molecule is CC(CC(=O)NCC(C)(O)C(=O)O)c1ccc(F)cc1F. The first-order chi connectivity index (χ1) is 9.63. The summed E-state index contributed by atoms with van der Waals surface area (Å²) in [5.41, 5.74) is -1.88. The van der Waals surface area contributed by atoms with Crippen molar-refractivity contribution in [1.29, 1.82) is 0 Å². The number of benzene rings is 1. The number of amides is 1. The van der Waals surface area contributed by atoms with Crippen molar-refractivity contribution in [2.45, 2.75) is 31.8 Å². The molecule has 0 bridgehead atoms. The van der Waals surface area contributed by atoms with Gasteiger partial charge in [0.25, 0.3) is 0 Å². The lowest BCUT2D eigenvalue weighted by molar-refractivity contribution is -0.156. The highest BCUT2D eigenvalue weighted by Gasteiger charge is 2.30. The summed E-state index contributed by atoms with van der Waals surface area (Å²) in [6.07, 6.45) is -0.113. The monoisotopic (exact) mass is 301 g/mol. The molecule has 1 aromatic rings. The number of aliphatic carboxylic acids is 1. The van der Waals surface area contributed by atoms with Gasteiger partial charge in [0, 0.05) is 12.5 Å². The lowest BCUT2D eigenvalue weighted by atomic mass is 9.96. The number of hydrogen-bond donors (Lipinski definition) is 3. The molecule has 3 N–H and O–H groups in total. The average molecular weight is 301 g/mol. The van der Waals surface area contributed by atoms with Crippen molar-refractivity contribution < 1.29 is 28.6 Å². The number of hydrogen-bond acceptors (Lipinski definition) is 3. The summed E-state index contributed by atoms with van der Waals surface area (Å²) in [6, 6.07) is 3.09. The largest absolute Gasteiger partial charge is 0.479 e. The molecular formula is C14H17F2NO4. The zero-order chi connectivity index (χ0) is 16.2. The van der Waals surface area contributed by atoms with Crippen LogP contribution in [-0.2, 0) is 9.59 Å². The fraction of sp³-hybridized carbons (Fsp3) is 0.429. The molecule has 116 valence electrons. The number of aliphatic hydroxyl groups is 1. The second kappa shape index (κ2) is 6.62. The van der Waals surface area contributed by atoms with Gasteiger partial charge in [-0.2, -0.15) is 0 Å². The maximum atomic E-state index is 13.5. The molecule has 7 heteroatoms. The van der Waals surface area contributed by atoms with Crippen molar-refractivity contribution in [3.8, 4) is 0 Å². The third-order valence-electron chi connectivity index (χ3n) is 3.08. The van der Waals surface area contributed by atoms with Crippen molar-refractivity contribution in [2.75, 3.05) is 6.54 Å². The first kappa shape index (κ1) is 17.0. The fourth-order valence-electron chi connectivity index (χ4n) is 1.71. The summed E-state index contributed by atoms with van der Waals surface area (Å²) >= 11 is 0. The predicted molar refractivity (Wildman–Crippen MR) is 70.7 cm³/mol. The quantitative estimate of drug-likeness (QED) is 0.741. The van der Waals surface area contributed by atoms with Crippen molar-refractivity contribution >= 4 is 11.9 Å². The molecule has 0 aliphatic heterocycles. The molecule has 0 aliphatic carbocycles. The summed E-state index contributed by atoms with van der Waals surface area (Å²) in [7, 11) is 0. The van der Waals surface area contributed by atoms with Gasteiger partial charge in [-0.3, -0.25) is 4.79 Å². The molecule has 1 aromatic carbocycles. The van der Waals surface area contributed by atoms with Crippen LogP contribution >= 0.6 is 0 Å². The van der Waals surface area contributed by atoms with Crippen molar-refractivity contribution in [3.63, 3.8) is 0 Å². The molecule has 0 aromatic heterocycles. The fourth-order valence-corrected chi connectivity index (χ4v) is 1.71. The highest BCUT2D eigenvalue weighted by molar-refractivity contribution is 5.80. The molecule has 0 spiro atoms. The number of carbonyl (C=O) groups excluding carboxylic acids is 1. The number of carboxylic acid groups (broad SMARTS) is 1. The van der Waals surface area contributed by atoms with Crippen LogP contribution < -0.4 is 5.32 Å². The van der Waals surface area contributed by atoms with E-state index in [1.807, 2.05) is 0 Å². The van der Waals surface area contributed by atoms with Gasteiger partial charge in [-0.15, -0.1) is 0 Å². The van der Waals surface area contributed by atoms with Crippen molar-refractivity contribution in [3.05, 3.63) is 35.4 Å².